The fourth-order valence-corrected chi connectivity index (χ4v) is 5.13. The molecule has 0 aliphatic heterocycles. The summed E-state index contributed by atoms with van der Waals surface area (Å²) < 4.78 is 29.7. The first kappa shape index (κ1) is 14.0. The molecule has 0 bridgehead atoms. The number of halogens is 1. The summed E-state index contributed by atoms with van der Waals surface area (Å²) in [5, 5.41) is 0. The van der Waals surface area contributed by atoms with Crippen LogP contribution in [0.5, 0.6) is 0 Å². The summed E-state index contributed by atoms with van der Waals surface area (Å²) in [6.45, 7) is 0. The minimum atomic E-state index is -3.56. The molecule has 2 aromatic heterocycles. The summed E-state index contributed by atoms with van der Waals surface area (Å²) in [6, 6.07) is -0.0225. The molecule has 0 amide bonds. The molecule has 1 fully saturated rings. The highest BCUT2D eigenvalue weighted by atomic mass is 35.5. The van der Waals surface area contributed by atoms with E-state index in [9.17, 15) is 8.42 Å². The summed E-state index contributed by atoms with van der Waals surface area (Å²) in [5.74, 6) is 0. The number of thiazole rings is 1. The van der Waals surface area contributed by atoms with E-state index in [1.807, 2.05) is 10.8 Å². The quantitative estimate of drug-likeness (QED) is 0.929. The molecule has 2 heterocycles. The van der Waals surface area contributed by atoms with Gasteiger partial charge in [-0.2, -0.15) is 0 Å². The van der Waals surface area contributed by atoms with E-state index in [2.05, 4.69) is 14.7 Å². The summed E-state index contributed by atoms with van der Waals surface area (Å²) in [7, 11) is -3.56. The number of nitrogens with one attached hydrogen (secondary N) is 1. The van der Waals surface area contributed by atoms with Crippen LogP contribution >= 0.6 is 22.9 Å². The number of nitrogens with zero attached hydrogens (tertiary/aromatic N) is 3. The van der Waals surface area contributed by atoms with Gasteiger partial charge in [-0.15, -0.1) is 0 Å². The lowest BCUT2D eigenvalue weighted by atomic mass is 10.2. The van der Waals surface area contributed by atoms with Crippen molar-refractivity contribution < 1.29 is 8.42 Å². The van der Waals surface area contributed by atoms with E-state index in [1.165, 1.54) is 6.20 Å². The van der Waals surface area contributed by atoms with E-state index < -0.39 is 10.0 Å². The van der Waals surface area contributed by atoms with Crippen molar-refractivity contribution in [1.82, 2.24) is 19.3 Å². The van der Waals surface area contributed by atoms with Crippen molar-refractivity contribution >= 4 is 33.0 Å². The maximum atomic E-state index is 12.3. The van der Waals surface area contributed by atoms with Crippen LogP contribution in [0.15, 0.2) is 29.1 Å². The van der Waals surface area contributed by atoms with Crippen molar-refractivity contribution in [2.45, 2.75) is 35.6 Å². The highest BCUT2D eigenvalue weighted by Gasteiger charge is 2.32. The van der Waals surface area contributed by atoms with Gasteiger partial charge in [0, 0.05) is 18.4 Å². The summed E-state index contributed by atoms with van der Waals surface area (Å²) in [5.41, 5.74) is 0. The molecule has 20 heavy (non-hydrogen) atoms. The second kappa shape index (κ2) is 5.44. The SMILES string of the molecule is O=S(=O)(NC1CCCC1n1ccnc1)c1cnc(Cl)s1. The first-order valence-corrected chi connectivity index (χ1v) is 8.85. The van der Waals surface area contributed by atoms with E-state index in [0.717, 1.165) is 30.6 Å². The monoisotopic (exact) mass is 332 g/mol. The lowest BCUT2D eigenvalue weighted by Crippen LogP contribution is -2.37. The standard InChI is InChI=1S/C11H13ClN4O2S2/c12-11-14-6-10(19-11)20(17,18)15-8-2-1-3-9(8)16-5-4-13-7-16/h4-9,15H,1-3H2. The largest absolute Gasteiger partial charge is 0.333 e. The van der Waals surface area contributed by atoms with Crippen molar-refractivity contribution in [2.75, 3.05) is 0 Å². The Kier molecular flexibility index (Phi) is 3.80. The molecule has 0 aromatic carbocycles. The van der Waals surface area contributed by atoms with Gasteiger partial charge in [0.2, 0.25) is 0 Å². The van der Waals surface area contributed by atoms with Crippen LogP contribution in [-0.2, 0) is 10.0 Å². The van der Waals surface area contributed by atoms with Crippen molar-refractivity contribution in [1.29, 1.82) is 0 Å². The highest BCUT2D eigenvalue weighted by Crippen LogP contribution is 2.32. The number of sulfonamides is 1. The second-order valence-corrected chi connectivity index (χ2v) is 8.22. The zero-order valence-electron chi connectivity index (χ0n) is 10.4. The maximum Gasteiger partial charge on any atom is 0.252 e. The van der Waals surface area contributed by atoms with E-state index in [4.69, 9.17) is 11.6 Å². The van der Waals surface area contributed by atoms with Crippen molar-refractivity contribution in [3.63, 3.8) is 0 Å². The van der Waals surface area contributed by atoms with Crippen LogP contribution in [0.25, 0.3) is 0 Å². The molecule has 1 aliphatic rings. The van der Waals surface area contributed by atoms with Crippen LogP contribution in [0, 0.1) is 0 Å². The molecule has 2 unspecified atom stereocenters. The zero-order valence-corrected chi connectivity index (χ0v) is 12.8. The molecule has 3 rings (SSSR count). The minimum Gasteiger partial charge on any atom is -0.333 e. The lowest BCUT2D eigenvalue weighted by molar-refractivity contribution is 0.431. The molecule has 1 N–H and O–H groups in total. The lowest BCUT2D eigenvalue weighted by Gasteiger charge is -2.21. The van der Waals surface area contributed by atoms with Crippen LogP contribution in [0.1, 0.15) is 25.3 Å². The van der Waals surface area contributed by atoms with Crippen molar-refractivity contribution in [3.05, 3.63) is 29.4 Å². The first-order chi connectivity index (χ1) is 9.56. The van der Waals surface area contributed by atoms with E-state index in [1.54, 1.807) is 12.5 Å². The topological polar surface area (TPSA) is 76.9 Å². The van der Waals surface area contributed by atoms with Crippen LogP contribution in [-0.4, -0.2) is 29.0 Å². The smallest absolute Gasteiger partial charge is 0.252 e. The predicted octanol–water partition coefficient (Wildman–Crippen LogP) is 2.07. The third kappa shape index (κ3) is 2.73. The normalized spacial score (nSPS) is 23.2. The molecule has 9 heteroatoms. The molecule has 0 radical (unpaired) electrons. The molecule has 1 saturated carbocycles. The summed E-state index contributed by atoms with van der Waals surface area (Å²) in [4.78, 5) is 7.80. The van der Waals surface area contributed by atoms with E-state index >= 15 is 0 Å². The van der Waals surface area contributed by atoms with Gasteiger partial charge in [-0.05, 0) is 19.3 Å². The van der Waals surface area contributed by atoms with Gasteiger partial charge in [0.15, 0.2) is 8.68 Å². The molecular formula is C11H13ClN4O2S2. The van der Waals surface area contributed by atoms with Gasteiger partial charge in [0.1, 0.15) is 0 Å². The number of hydrogen-bond acceptors (Lipinski definition) is 5. The summed E-state index contributed by atoms with van der Waals surface area (Å²) >= 11 is 6.66. The van der Waals surface area contributed by atoms with Gasteiger partial charge in [-0.3, -0.25) is 0 Å². The Morgan fingerprint density at radius 1 is 1.45 bits per heavy atom. The van der Waals surface area contributed by atoms with Crippen LogP contribution < -0.4 is 4.72 Å². The van der Waals surface area contributed by atoms with E-state index in [-0.39, 0.29) is 20.8 Å². The first-order valence-electron chi connectivity index (χ1n) is 6.17. The maximum absolute atomic E-state index is 12.3. The fraction of sp³-hybridized carbons (Fsp3) is 0.455. The van der Waals surface area contributed by atoms with Gasteiger partial charge in [-0.25, -0.2) is 23.1 Å². The predicted molar refractivity (Wildman–Crippen MR) is 76.3 cm³/mol. The number of rotatable bonds is 4. The molecule has 2 atom stereocenters. The Labute approximate surface area is 125 Å². The molecule has 0 saturated heterocycles. The van der Waals surface area contributed by atoms with Crippen LogP contribution in [0.3, 0.4) is 0 Å². The van der Waals surface area contributed by atoms with Crippen molar-refractivity contribution in [3.8, 4) is 0 Å². The van der Waals surface area contributed by atoms with E-state index in [0.29, 0.717) is 0 Å². The number of imidazole rings is 1. The Morgan fingerprint density at radius 2 is 2.30 bits per heavy atom. The Hall–Kier alpha value is -0.960. The van der Waals surface area contributed by atoms with Gasteiger partial charge < -0.3 is 4.57 Å². The van der Waals surface area contributed by atoms with Gasteiger partial charge in [0.25, 0.3) is 10.0 Å². The Bertz CT molecular complexity index is 683. The third-order valence-electron chi connectivity index (χ3n) is 3.41. The highest BCUT2D eigenvalue weighted by molar-refractivity contribution is 7.91. The number of hydrogen-bond donors (Lipinski definition) is 1. The molecular weight excluding hydrogens is 320 g/mol. The van der Waals surface area contributed by atoms with Crippen LogP contribution in [0.4, 0.5) is 0 Å². The zero-order chi connectivity index (χ0) is 14.2. The van der Waals surface area contributed by atoms with Gasteiger partial charge in [0.05, 0.1) is 18.6 Å². The van der Waals surface area contributed by atoms with Crippen molar-refractivity contribution in [2.24, 2.45) is 0 Å². The average Bonchev–Trinajstić information content (AvgIpc) is 3.07. The number of aromatic nitrogens is 3. The fourth-order valence-electron chi connectivity index (χ4n) is 2.52. The minimum absolute atomic E-state index is 0.107. The molecule has 0 spiro atoms. The third-order valence-corrected chi connectivity index (χ3v) is 6.48. The van der Waals surface area contributed by atoms with Gasteiger partial charge >= 0.3 is 0 Å². The molecule has 2 aromatic rings. The Morgan fingerprint density at radius 3 is 2.95 bits per heavy atom. The molecule has 1 aliphatic carbocycles. The molecule has 108 valence electrons. The molecule has 6 nitrogen and oxygen atoms in total. The summed E-state index contributed by atoms with van der Waals surface area (Å²) in [6.07, 6.45) is 9.31. The van der Waals surface area contributed by atoms with Crippen LogP contribution in [0.2, 0.25) is 4.47 Å². The second-order valence-electron chi connectivity index (χ2n) is 4.67. The average molecular weight is 333 g/mol. The Balaban J connectivity index is 1.80. The van der Waals surface area contributed by atoms with Gasteiger partial charge in [-0.1, -0.05) is 22.9 Å².